The van der Waals surface area contributed by atoms with Crippen molar-refractivity contribution in [1.29, 1.82) is 0 Å². The molecule has 3 aromatic rings. The van der Waals surface area contributed by atoms with E-state index in [2.05, 4.69) is 40.5 Å². The number of hydrogen-bond donors (Lipinski definition) is 1. The smallest absolute Gasteiger partial charge is 0.119 e. The number of aromatic nitrogens is 2. The Morgan fingerprint density at radius 1 is 1.28 bits per heavy atom. The SMILES string of the molecule is C=CC1CN(Cc2cccnc2)CCC1C[C@H](C)[C@H](O)c1ccnc2ccc(OC)cc12. The van der Waals surface area contributed by atoms with Crippen LogP contribution in [0.15, 0.2) is 67.6 Å². The highest BCUT2D eigenvalue weighted by atomic mass is 16.5. The number of likely N-dealkylation sites (tertiary alicyclic amines) is 1. The third-order valence-corrected chi connectivity index (χ3v) is 6.84. The molecule has 0 spiro atoms. The van der Waals surface area contributed by atoms with Crippen LogP contribution in [0.5, 0.6) is 5.75 Å². The van der Waals surface area contributed by atoms with Gasteiger partial charge in [0.05, 0.1) is 18.7 Å². The van der Waals surface area contributed by atoms with Crippen LogP contribution >= 0.6 is 0 Å². The Labute approximate surface area is 190 Å². The van der Waals surface area contributed by atoms with Crippen LogP contribution in [0.1, 0.15) is 37.0 Å². The van der Waals surface area contributed by atoms with Gasteiger partial charge in [-0.3, -0.25) is 14.9 Å². The average Bonchev–Trinajstić information content (AvgIpc) is 2.84. The van der Waals surface area contributed by atoms with Gasteiger partial charge < -0.3 is 9.84 Å². The Balaban J connectivity index is 1.44. The monoisotopic (exact) mass is 431 g/mol. The minimum Gasteiger partial charge on any atom is -0.497 e. The van der Waals surface area contributed by atoms with Crippen molar-refractivity contribution in [2.75, 3.05) is 20.2 Å². The lowest BCUT2D eigenvalue weighted by Gasteiger charge is -2.39. The Kier molecular flexibility index (Phi) is 7.18. The minimum atomic E-state index is -0.550. The quantitative estimate of drug-likeness (QED) is 0.508. The van der Waals surface area contributed by atoms with E-state index in [0.717, 1.165) is 54.7 Å². The molecule has 1 N–H and O–H groups in total. The van der Waals surface area contributed by atoms with Crippen LogP contribution in [-0.2, 0) is 6.54 Å². The highest BCUT2D eigenvalue weighted by Gasteiger charge is 2.31. The minimum absolute atomic E-state index is 0.129. The van der Waals surface area contributed by atoms with Crippen molar-refractivity contribution >= 4 is 10.9 Å². The Bertz CT molecular complexity index is 1040. The van der Waals surface area contributed by atoms with Gasteiger partial charge in [0.25, 0.3) is 0 Å². The molecule has 0 saturated carbocycles. The van der Waals surface area contributed by atoms with Gasteiger partial charge in [0.1, 0.15) is 5.75 Å². The van der Waals surface area contributed by atoms with Gasteiger partial charge in [0.15, 0.2) is 0 Å². The van der Waals surface area contributed by atoms with Crippen molar-refractivity contribution in [2.45, 2.75) is 32.4 Å². The fourth-order valence-corrected chi connectivity index (χ4v) is 5.00. The van der Waals surface area contributed by atoms with Crippen LogP contribution in [-0.4, -0.2) is 40.2 Å². The van der Waals surface area contributed by atoms with Crippen molar-refractivity contribution in [3.05, 3.63) is 78.8 Å². The normalized spacial score (nSPS) is 21.2. The molecule has 4 atom stereocenters. The summed E-state index contributed by atoms with van der Waals surface area (Å²) in [7, 11) is 1.66. The molecule has 5 heteroatoms. The first-order valence-electron chi connectivity index (χ1n) is 11.4. The molecule has 2 unspecified atom stereocenters. The van der Waals surface area contributed by atoms with Crippen LogP contribution < -0.4 is 4.74 Å². The maximum atomic E-state index is 11.3. The third-order valence-electron chi connectivity index (χ3n) is 6.84. The summed E-state index contributed by atoms with van der Waals surface area (Å²) in [6, 6.07) is 11.9. The largest absolute Gasteiger partial charge is 0.497 e. The standard InChI is InChI=1S/C27H33N3O2/c1-4-21-18-30(17-20-6-5-11-28-16-20)13-10-22(21)14-19(2)27(31)24-9-12-29-26-8-7-23(32-3)15-25(24)26/h4-9,11-12,15-16,19,21-22,27,31H,1,10,13-14,17-18H2,2-3H3/t19-,21?,22?,27-/m0/s1. The number of piperidine rings is 1. The molecule has 1 aromatic carbocycles. The zero-order chi connectivity index (χ0) is 22.5. The molecule has 168 valence electrons. The Hall–Kier alpha value is -2.76. The van der Waals surface area contributed by atoms with Crippen LogP contribution in [0.25, 0.3) is 10.9 Å². The zero-order valence-corrected chi connectivity index (χ0v) is 19.0. The first kappa shape index (κ1) is 22.4. The van der Waals surface area contributed by atoms with Crippen LogP contribution in [0.3, 0.4) is 0 Å². The lowest BCUT2D eigenvalue weighted by atomic mass is 9.77. The maximum absolute atomic E-state index is 11.3. The molecule has 1 saturated heterocycles. The van der Waals surface area contributed by atoms with Gasteiger partial charge >= 0.3 is 0 Å². The molecule has 0 amide bonds. The van der Waals surface area contributed by atoms with E-state index >= 15 is 0 Å². The molecule has 5 nitrogen and oxygen atoms in total. The summed E-state index contributed by atoms with van der Waals surface area (Å²) in [6.07, 6.45) is 9.17. The van der Waals surface area contributed by atoms with Crippen LogP contribution in [0.2, 0.25) is 0 Å². The molecule has 1 aliphatic heterocycles. The number of nitrogens with zero attached hydrogens (tertiary/aromatic N) is 3. The van der Waals surface area contributed by atoms with E-state index in [1.807, 2.05) is 42.7 Å². The van der Waals surface area contributed by atoms with Gasteiger partial charge in [-0.15, -0.1) is 6.58 Å². The first-order chi connectivity index (χ1) is 15.6. The first-order valence-corrected chi connectivity index (χ1v) is 11.4. The van der Waals surface area contributed by atoms with E-state index in [4.69, 9.17) is 4.74 Å². The Morgan fingerprint density at radius 2 is 2.16 bits per heavy atom. The van der Waals surface area contributed by atoms with E-state index in [0.29, 0.717) is 11.8 Å². The highest BCUT2D eigenvalue weighted by Crippen LogP contribution is 2.37. The van der Waals surface area contributed by atoms with Gasteiger partial charge in [0, 0.05) is 37.1 Å². The molecule has 3 heterocycles. The molecule has 32 heavy (non-hydrogen) atoms. The van der Waals surface area contributed by atoms with Crippen LogP contribution in [0, 0.1) is 17.8 Å². The second-order valence-corrected chi connectivity index (χ2v) is 8.99. The van der Waals surface area contributed by atoms with Gasteiger partial charge in [0.2, 0.25) is 0 Å². The molecule has 0 bridgehead atoms. The number of hydrogen-bond acceptors (Lipinski definition) is 5. The second-order valence-electron chi connectivity index (χ2n) is 8.99. The van der Waals surface area contributed by atoms with Gasteiger partial charge in [-0.25, -0.2) is 0 Å². The summed E-state index contributed by atoms with van der Waals surface area (Å²) in [6.45, 7) is 9.26. The topological polar surface area (TPSA) is 58.5 Å². The van der Waals surface area contributed by atoms with E-state index in [-0.39, 0.29) is 5.92 Å². The average molecular weight is 432 g/mol. The van der Waals surface area contributed by atoms with E-state index in [1.165, 1.54) is 5.56 Å². The predicted octanol–water partition coefficient (Wildman–Crippen LogP) is 5.02. The van der Waals surface area contributed by atoms with Crippen molar-refractivity contribution < 1.29 is 9.84 Å². The summed E-state index contributed by atoms with van der Waals surface area (Å²) in [5.74, 6) is 1.85. The third kappa shape index (κ3) is 5.00. The van der Waals surface area contributed by atoms with E-state index in [9.17, 15) is 5.11 Å². The number of ether oxygens (including phenoxy) is 1. The number of aliphatic hydroxyl groups is 1. The van der Waals surface area contributed by atoms with Gasteiger partial charge in [-0.2, -0.15) is 0 Å². The predicted molar refractivity (Wildman–Crippen MR) is 128 cm³/mol. The summed E-state index contributed by atoms with van der Waals surface area (Å²) in [5.41, 5.74) is 3.05. The fraction of sp³-hybridized carbons (Fsp3) is 0.407. The molecule has 0 radical (unpaired) electrons. The molecule has 1 aliphatic rings. The molecule has 2 aromatic heterocycles. The number of fused-ring (bicyclic) bond motifs is 1. The number of rotatable bonds is 8. The Morgan fingerprint density at radius 3 is 2.91 bits per heavy atom. The van der Waals surface area contributed by atoms with Crippen molar-refractivity contribution in [1.82, 2.24) is 14.9 Å². The van der Waals surface area contributed by atoms with Gasteiger partial charge in [-0.05, 0) is 78.6 Å². The zero-order valence-electron chi connectivity index (χ0n) is 19.0. The lowest BCUT2D eigenvalue weighted by molar-refractivity contribution is 0.0721. The second kappa shape index (κ2) is 10.2. The summed E-state index contributed by atoms with van der Waals surface area (Å²) >= 11 is 0. The fourth-order valence-electron chi connectivity index (χ4n) is 5.00. The number of pyridine rings is 2. The van der Waals surface area contributed by atoms with E-state index in [1.54, 1.807) is 13.3 Å². The summed E-state index contributed by atoms with van der Waals surface area (Å²) in [4.78, 5) is 11.2. The van der Waals surface area contributed by atoms with Crippen LogP contribution in [0.4, 0.5) is 0 Å². The maximum Gasteiger partial charge on any atom is 0.119 e. The van der Waals surface area contributed by atoms with Crippen molar-refractivity contribution in [3.8, 4) is 5.75 Å². The molecule has 4 rings (SSSR count). The summed E-state index contributed by atoms with van der Waals surface area (Å²) in [5, 5.41) is 12.2. The molecule has 0 aliphatic carbocycles. The van der Waals surface area contributed by atoms with E-state index < -0.39 is 6.10 Å². The molecular formula is C27H33N3O2. The highest BCUT2D eigenvalue weighted by molar-refractivity contribution is 5.83. The van der Waals surface area contributed by atoms with Crippen molar-refractivity contribution in [2.24, 2.45) is 17.8 Å². The lowest BCUT2D eigenvalue weighted by Crippen LogP contribution is -2.40. The number of aliphatic hydroxyl groups excluding tert-OH is 1. The van der Waals surface area contributed by atoms with Gasteiger partial charge in [-0.1, -0.05) is 19.1 Å². The number of methoxy groups -OCH3 is 1. The number of benzene rings is 1. The van der Waals surface area contributed by atoms with Crippen molar-refractivity contribution in [3.63, 3.8) is 0 Å². The molecular weight excluding hydrogens is 398 g/mol. The summed E-state index contributed by atoms with van der Waals surface area (Å²) < 4.78 is 5.39. The molecule has 1 fully saturated rings.